The predicted molar refractivity (Wildman–Crippen MR) is 89.2 cm³/mol. The van der Waals surface area contributed by atoms with Crippen LogP contribution in [-0.2, 0) is 6.42 Å². The number of aromatic nitrogens is 1. The summed E-state index contributed by atoms with van der Waals surface area (Å²) in [7, 11) is 1.36. The average molecular weight is 336 g/mol. The number of ether oxygens (including phenoxy) is 1. The van der Waals surface area contributed by atoms with Gasteiger partial charge in [-0.1, -0.05) is 12.1 Å². The SMILES string of the molecule is COc1c(C(=O)O)cc(C#N)c2cc(Cc3ccc(F)cc3)cnc12. The van der Waals surface area contributed by atoms with E-state index < -0.39 is 5.97 Å². The zero-order valence-electron chi connectivity index (χ0n) is 13.3. The highest BCUT2D eigenvalue weighted by Gasteiger charge is 2.19. The average Bonchev–Trinajstić information content (AvgIpc) is 2.62. The number of carbonyl (C=O) groups is 1. The molecule has 25 heavy (non-hydrogen) atoms. The van der Waals surface area contributed by atoms with Crippen LogP contribution in [0.3, 0.4) is 0 Å². The highest BCUT2D eigenvalue weighted by atomic mass is 19.1. The summed E-state index contributed by atoms with van der Waals surface area (Å²) in [6.07, 6.45) is 2.11. The Kier molecular flexibility index (Phi) is 4.31. The summed E-state index contributed by atoms with van der Waals surface area (Å²) in [6, 6.07) is 11.2. The predicted octanol–water partition coefficient (Wildman–Crippen LogP) is 3.54. The van der Waals surface area contributed by atoms with Gasteiger partial charge >= 0.3 is 5.97 Å². The molecular formula is C19H13FN2O3. The van der Waals surface area contributed by atoms with Crippen LogP contribution in [0.1, 0.15) is 27.0 Å². The number of fused-ring (bicyclic) bond motifs is 1. The van der Waals surface area contributed by atoms with E-state index in [0.29, 0.717) is 17.3 Å². The first-order valence-corrected chi connectivity index (χ1v) is 7.41. The van der Waals surface area contributed by atoms with Crippen LogP contribution in [0.25, 0.3) is 10.9 Å². The Morgan fingerprint density at radius 2 is 2.00 bits per heavy atom. The van der Waals surface area contributed by atoms with E-state index in [2.05, 4.69) is 4.98 Å². The quantitative estimate of drug-likeness (QED) is 0.788. The smallest absolute Gasteiger partial charge is 0.339 e. The van der Waals surface area contributed by atoms with Crippen molar-refractivity contribution in [3.05, 3.63) is 70.7 Å². The second kappa shape index (κ2) is 6.57. The van der Waals surface area contributed by atoms with Gasteiger partial charge < -0.3 is 9.84 Å². The van der Waals surface area contributed by atoms with Crippen molar-refractivity contribution in [3.8, 4) is 11.8 Å². The summed E-state index contributed by atoms with van der Waals surface area (Å²) in [5, 5.41) is 19.2. The molecule has 0 fully saturated rings. The fourth-order valence-corrected chi connectivity index (χ4v) is 2.70. The molecule has 0 aliphatic heterocycles. The number of nitrogens with zero attached hydrogens (tertiary/aromatic N) is 2. The lowest BCUT2D eigenvalue weighted by Crippen LogP contribution is -2.04. The van der Waals surface area contributed by atoms with Gasteiger partial charge in [0.2, 0.25) is 0 Å². The number of hydrogen-bond donors (Lipinski definition) is 1. The molecule has 0 unspecified atom stereocenters. The third kappa shape index (κ3) is 3.12. The molecule has 5 nitrogen and oxygen atoms in total. The summed E-state index contributed by atoms with van der Waals surface area (Å²) in [4.78, 5) is 15.7. The third-order valence-corrected chi connectivity index (χ3v) is 3.86. The number of halogens is 1. The summed E-state index contributed by atoms with van der Waals surface area (Å²) < 4.78 is 18.2. The van der Waals surface area contributed by atoms with Crippen LogP contribution < -0.4 is 4.74 Å². The third-order valence-electron chi connectivity index (χ3n) is 3.86. The lowest BCUT2D eigenvalue weighted by molar-refractivity contribution is 0.0693. The number of hydrogen-bond acceptors (Lipinski definition) is 4. The van der Waals surface area contributed by atoms with Gasteiger partial charge in [-0.05, 0) is 41.8 Å². The number of pyridine rings is 1. The minimum absolute atomic E-state index is 0.106. The minimum atomic E-state index is -1.19. The highest BCUT2D eigenvalue weighted by molar-refractivity contribution is 6.01. The number of carboxylic acids is 1. The van der Waals surface area contributed by atoms with Crippen molar-refractivity contribution in [2.45, 2.75) is 6.42 Å². The molecule has 0 saturated carbocycles. The van der Waals surface area contributed by atoms with Crippen molar-refractivity contribution in [3.63, 3.8) is 0 Å². The standard InChI is InChI=1S/C19H13FN2O3/c1-25-18-16(19(23)24)8-13(9-21)15-7-12(10-22-17(15)18)6-11-2-4-14(20)5-3-11/h2-5,7-8,10H,6H2,1H3,(H,23,24). The van der Waals surface area contributed by atoms with Gasteiger partial charge in [-0.3, -0.25) is 4.98 Å². The van der Waals surface area contributed by atoms with Crippen molar-refractivity contribution < 1.29 is 19.0 Å². The van der Waals surface area contributed by atoms with Crippen LogP contribution in [0.15, 0.2) is 42.6 Å². The van der Waals surface area contributed by atoms with Crippen molar-refractivity contribution in [2.24, 2.45) is 0 Å². The second-order valence-corrected chi connectivity index (χ2v) is 5.46. The van der Waals surface area contributed by atoms with Crippen LogP contribution in [0, 0.1) is 17.1 Å². The van der Waals surface area contributed by atoms with E-state index in [9.17, 15) is 19.6 Å². The molecule has 0 amide bonds. The zero-order chi connectivity index (χ0) is 18.0. The summed E-state index contributed by atoms with van der Waals surface area (Å²) in [6.45, 7) is 0. The van der Waals surface area contributed by atoms with E-state index in [4.69, 9.17) is 4.74 Å². The van der Waals surface area contributed by atoms with Gasteiger partial charge in [-0.25, -0.2) is 9.18 Å². The Labute approximate surface area is 142 Å². The Balaban J connectivity index is 2.13. The molecule has 0 radical (unpaired) electrons. The maximum absolute atomic E-state index is 13.0. The Hall–Kier alpha value is -3.46. The first kappa shape index (κ1) is 16.4. The van der Waals surface area contributed by atoms with E-state index in [1.807, 2.05) is 6.07 Å². The molecule has 3 rings (SSSR count). The first-order valence-electron chi connectivity index (χ1n) is 7.41. The Morgan fingerprint density at radius 3 is 2.60 bits per heavy atom. The molecule has 0 bridgehead atoms. The largest absolute Gasteiger partial charge is 0.494 e. The number of benzene rings is 2. The lowest BCUT2D eigenvalue weighted by atomic mass is 10.00. The Morgan fingerprint density at radius 1 is 1.28 bits per heavy atom. The van der Waals surface area contributed by atoms with Crippen molar-refractivity contribution in [1.82, 2.24) is 4.98 Å². The molecular weight excluding hydrogens is 323 g/mol. The molecule has 0 atom stereocenters. The van der Waals surface area contributed by atoms with E-state index in [-0.39, 0.29) is 22.7 Å². The van der Waals surface area contributed by atoms with Gasteiger partial charge in [0.15, 0.2) is 5.75 Å². The van der Waals surface area contributed by atoms with E-state index in [1.165, 1.54) is 25.3 Å². The number of rotatable bonds is 4. The van der Waals surface area contributed by atoms with E-state index in [1.54, 1.807) is 24.4 Å². The van der Waals surface area contributed by atoms with Crippen LogP contribution in [0.2, 0.25) is 0 Å². The first-order chi connectivity index (χ1) is 12.0. The van der Waals surface area contributed by atoms with Gasteiger partial charge in [0, 0.05) is 11.6 Å². The van der Waals surface area contributed by atoms with Crippen LogP contribution in [-0.4, -0.2) is 23.2 Å². The molecule has 0 aliphatic rings. The van der Waals surface area contributed by atoms with Crippen molar-refractivity contribution in [2.75, 3.05) is 7.11 Å². The number of carboxylic acid groups (broad SMARTS) is 1. The molecule has 0 spiro atoms. The van der Waals surface area contributed by atoms with Crippen molar-refractivity contribution in [1.29, 1.82) is 5.26 Å². The molecule has 1 N–H and O–H groups in total. The molecule has 6 heteroatoms. The fourth-order valence-electron chi connectivity index (χ4n) is 2.70. The van der Waals surface area contributed by atoms with E-state index in [0.717, 1.165) is 11.1 Å². The van der Waals surface area contributed by atoms with Crippen LogP contribution in [0.5, 0.6) is 5.75 Å². The van der Waals surface area contributed by atoms with Crippen LogP contribution in [0.4, 0.5) is 4.39 Å². The molecule has 0 aliphatic carbocycles. The van der Waals surface area contributed by atoms with Gasteiger partial charge in [-0.2, -0.15) is 5.26 Å². The van der Waals surface area contributed by atoms with Gasteiger partial charge in [-0.15, -0.1) is 0 Å². The lowest BCUT2D eigenvalue weighted by Gasteiger charge is -2.11. The monoisotopic (exact) mass is 336 g/mol. The molecule has 3 aromatic rings. The highest BCUT2D eigenvalue weighted by Crippen LogP contribution is 2.32. The van der Waals surface area contributed by atoms with Gasteiger partial charge in [0.1, 0.15) is 16.9 Å². The van der Waals surface area contributed by atoms with Gasteiger partial charge in [0.05, 0.1) is 18.7 Å². The minimum Gasteiger partial charge on any atom is -0.494 e. The summed E-state index contributed by atoms with van der Waals surface area (Å²) in [5.74, 6) is -1.37. The maximum atomic E-state index is 13.0. The van der Waals surface area contributed by atoms with Crippen LogP contribution >= 0.6 is 0 Å². The molecule has 0 saturated heterocycles. The molecule has 1 aromatic heterocycles. The topological polar surface area (TPSA) is 83.2 Å². The summed E-state index contributed by atoms with van der Waals surface area (Å²) in [5.41, 5.74) is 2.14. The summed E-state index contributed by atoms with van der Waals surface area (Å²) >= 11 is 0. The second-order valence-electron chi connectivity index (χ2n) is 5.46. The van der Waals surface area contributed by atoms with Crippen molar-refractivity contribution >= 4 is 16.9 Å². The zero-order valence-corrected chi connectivity index (χ0v) is 13.3. The number of aromatic carboxylic acids is 1. The number of methoxy groups -OCH3 is 1. The fraction of sp³-hybridized carbons (Fsp3) is 0.105. The maximum Gasteiger partial charge on any atom is 0.339 e. The van der Waals surface area contributed by atoms with Gasteiger partial charge in [0.25, 0.3) is 0 Å². The molecule has 2 aromatic carbocycles. The Bertz CT molecular complexity index is 1010. The normalized spacial score (nSPS) is 10.4. The van der Waals surface area contributed by atoms with E-state index >= 15 is 0 Å². The molecule has 1 heterocycles. The molecule has 124 valence electrons. The number of nitriles is 1.